The van der Waals surface area contributed by atoms with Crippen molar-refractivity contribution < 1.29 is 9.90 Å². The zero-order valence-corrected chi connectivity index (χ0v) is 20.9. The van der Waals surface area contributed by atoms with Gasteiger partial charge in [-0.3, -0.25) is 0 Å². The van der Waals surface area contributed by atoms with Crippen molar-refractivity contribution in [2.24, 2.45) is 0 Å². The number of unbranched alkanes of at least 4 members (excludes halogenated alkanes) is 15. The molecule has 0 aliphatic carbocycles. The lowest BCUT2D eigenvalue weighted by atomic mass is 10.0. The summed E-state index contributed by atoms with van der Waals surface area (Å²) < 4.78 is 0.885. The molecule has 0 aliphatic rings. The fourth-order valence-corrected chi connectivity index (χ4v) is 8.16. The van der Waals surface area contributed by atoms with Gasteiger partial charge in [0, 0.05) is 12.0 Å². The monoisotopic (exact) mass is 461 g/mol. The molecule has 0 radical (unpaired) electrons. The maximum atomic E-state index is 11.1. The third-order valence-corrected chi connectivity index (χ3v) is 10.4. The molecule has 0 amide bonds. The molecule has 29 heavy (non-hydrogen) atoms. The van der Waals surface area contributed by atoms with E-state index in [2.05, 4.69) is 17.1 Å². The van der Waals surface area contributed by atoms with Crippen LogP contribution in [0.2, 0.25) is 0 Å². The molecule has 1 unspecified atom stereocenters. The number of thioether (sulfide) groups is 1. The largest absolute Gasteiger partial charge is 0.473 e. The number of rotatable bonds is 20. The number of hydrogen-bond acceptors (Lipinski definition) is 5. The summed E-state index contributed by atoms with van der Waals surface area (Å²) in [6.45, 7) is 2.28. The highest BCUT2D eigenvalue weighted by atomic mass is 33.1. The Morgan fingerprint density at radius 2 is 1.24 bits per heavy atom. The molecule has 168 valence electrons. The van der Waals surface area contributed by atoms with Gasteiger partial charge in [-0.1, -0.05) is 113 Å². The molecule has 1 heterocycles. The Morgan fingerprint density at radius 3 is 1.66 bits per heavy atom. The minimum atomic E-state index is -0.940. The number of aromatic carboxylic acids is 1. The van der Waals surface area contributed by atoms with E-state index in [4.69, 9.17) is 5.11 Å². The Kier molecular flexibility index (Phi) is 17.1. The number of nitrogens with zero attached hydrogens (tertiary/aromatic N) is 2. The SMILES string of the molecule is CCCCCCCCCCCCCCCCCCSc1nnc(C(=O)O)[s+]1SC. The average molecular weight is 462 g/mol. The molecule has 0 saturated heterocycles. The summed E-state index contributed by atoms with van der Waals surface area (Å²) >= 11 is 1.69. The van der Waals surface area contributed by atoms with Crippen molar-refractivity contribution >= 4 is 38.0 Å². The molecular formula is C22H41N2O2S3+. The van der Waals surface area contributed by atoms with E-state index < -0.39 is 15.5 Å². The van der Waals surface area contributed by atoms with E-state index >= 15 is 0 Å². The van der Waals surface area contributed by atoms with Gasteiger partial charge in [0.1, 0.15) is 20.3 Å². The Balaban J connectivity index is 1.87. The Bertz CT molecular complexity index is 538. The van der Waals surface area contributed by atoms with Gasteiger partial charge in [-0.2, -0.15) is 0 Å². The lowest BCUT2D eigenvalue weighted by Gasteiger charge is -2.03. The van der Waals surface area contributed by atoms with Crippen molar-refractivity contribution in [1.29, 1.82) is 0 Å². The molecule has 0 spiro atoms. The van der Waals surface area contributed by atoms with E-state index in [1.165, 1.54) is 114 Å². The molecule has 7 heteroatoms. The van der Waals surface area contributed by atoms with Crippen molar-refractivity contribution in [3.05, 3.63) is 5.01 Å². The maximum Gasteiger partial charge on any atom is 0.412 e. The smallest absolute Gasteiger partial charge is 0.412 e. The van der Waals surface area contributed by atoms with Crippen molar-refractivity contribution in [1.82, 2.24) is 10.2 Å². The third-order valence-electron chi connectivity index (χ3n) is 5.13. The van der Waals surface area contributed by atoms with Crippen LogP contribution in [0.25, 0.3) is 0 Å². The first kappa shape index (κ1) is 26.8. The summed E-state index contributed by atoms with van der Waals surface area (Å²) in [5.74, 6) is 0.0773. The van der Waals surface area contributed by atoms with Gasteiger partial charge in [0.15, 0.2) is 0 Å². The average Bonchev–Trinajstić information content (AvgIpc) is 3.13. The molecule has 0 aliphatic heterocycles. The van der Waals surface area contributed by atoms with Crippen LogP contribution in [0.1, 0.15) is 119 Å². The topological polar surface area (TPSA) is 63.1 Å². The summed E-state index contributed by atoms with van der Waals surface area (Å²) in [5.41, 5.74) is 0. The summed E-state index contributed by atoms with van der Waals surface area (Å²) in [6, 6.07) is 0. The fourth-order valence-electron chi connectivity index (χ4n) is 3.41. The lowest BCUT2D eigenvalue weighted by Crippen LogP contribution is -1.95. The van der Waals surface area contributed by atoms with Gasteiger partial charge in [-0.05, 0) is 18.2 Å². The third kappa shape index (κ3) is 12.9. The van der Waals surface area contributed by atoms with Gasteiger partial charge in [-0.15, -0.1) is 0 Å². The van der Waals surface area contributed by atoms with Crippen molar-refractivity contribution in [3.8, 4) is 0 Å². The highest BCUT2D eigenvalue weighted by Crippen LogP contribution is 2.42. The van der Waals surface area contributed by atoms with Crippen LogP contribution in [0, 0.1) is 0 Å². The molecule has 0 fully saturated rings. The van der Waals surface area contributed by atoms with Gasteiger partial charge in [0.05, 0.1) is 0 Å². The summed E-state index contributed by atoms with van der Waals surface area (Å²) in [6.07, 6.45) is 24.0. The number of aromatic nitrogens is 2. The predicted molar refractivity (Wildman–Crippen MR) is 131 cm³/mol. The second-order valence-electron chi connectivity index (χ2n) is 7.66. The molecule has 1 aromatic heterocycles. The summed E-state index contributed by atoms with van der Waals surface area (Å²) in [4.78, 5) is 11.1. The Morgan fingerprint density at radius 1 is 0.793 bits per heavy atom. The van der Waals surface area contributed by atoms with Crippen molar-refractivity contribution in [2.45, 2.75) is 114 Å². The molecule has 0 aromatic carbocycles. The van der Waals surface area contributed by atoms with Crippen LogP contribution >= 0.6 is 32.1 Å². The van der Waals surface area contributed by atoms with E-state index in [1.807, 2.05) is 6.26 Å². The van der Waals surface area contributed by atoms with Crippen molar-refractivity contribution in [3.63, 3.8) is 0 Å². The fraction of sp³-hybridized carbons (Fsp3) is 0.864. The van der Waals surface area contributed by atoms with Crippen molar-refractivity contribution in [2.75, 3.05) is 12.0 Å². The van der Waals surface area contributed by atoms with E-state index in [9.17, 15) is 4.79 Å². The Labute approximate surface area is 188 Å². The molecule has 4 nitrogen and oxygen atoms in total. The molecule has 1 rings (SSSR count). The van der Waals surface area contributed by atoms with Gasteiger partial charge >= 0.3 is 15.3 Å². The normalized spacial score (nSPS) is 11.9. The molecule has 0 saturated carbocycles. The van der Waals surface area contributed by atoms with Gasteiger partial charge in [-0.25, -0.2) is 4.79 Å². The first-order chi connectivity index (χ1) is 14.2. The van der Waals surface area contributed by atoms with Crippen LogP contribution in [0.15, 0.2) is 4.34 Å². The van der Waals surface area contributed by atoms with Crippen LogP contribution in [0.4, 0.5) is 0 Å². The summed E-state index contributed by atoms with van der Waals surface area (Å²) in [5, 5.41) is 17.3. The molecule has 1 atom stereocenters. The molecule has 1 aromatic rings. The number of hydrogen-bond donors (Lipinski definition) is 1. The second kappa shape index (κ2) is 18.5. The highest BCUT2D eigenvalue weighted by molar-refractivity contribution is 8.45. The first-order valence-electron chi connectivity index (χ1n) is 11.5. The molecular weight excluding hydrogens is 420 g/mol. The van der Waals surface area contributed by atoms with Crippen LogP contribution in [-0.4, -0.2) is 33.3 Å². The quantitative estimate of drug-likeness (QED) is 0.0910. The lowest BCUT2D eigenvalue weighted by molar-refractivity contribution is 0.0695. The first-order valence-corrected chi connectivity index (χ1v) is 15.5. The predicted octanol–water partition coefficient (Wildman–Crippen LogP) is 8.40. The zero-order valence-electron chi connectivity index (χ0n) is 18.5. The van der Waals surface area contributed by atoms with Crippen LogP contribution in [0.3, 0.4) is 0 Å². The van der Waals surface area contributed by atoms with E-state index in [0.717, 1.165) is 10.1 Å². The van der Waals surface area contributed by atoms with Gasteiger partial charge in [0.25, 0.3) is 0 Å². The van der Waals surface area contributed by atoms with E-state index in [-0.39, 0.29) is 5.01 Å². The Hall–Kier alpha value is -0.270. The molecule has 0 bridgehead atoms. The van der Waals surface area contributed by atoms with E-state index in [0.29, 0.717) is 0 Å². The van der Waals surface area contributed by atoms with Crippen LogP contribution < -0.4 is 0 Å². The van der Waals surface area contributed by atoms with Crippen LogP contribution in [0.5, 0.6) is 0 Å². The van der Waals surface area contributed by atoms with E-state index in [1.54, 1.807) is 11.8 Å². The standard InChI is InChI=1S/C22H40N2O2S3/c1-3-4-5-6-7-8-9-10-11-12-13-14-15-16-17-18-19-28-22-24-23-20(21(25)26)29(22)27-2/h3-19H2,1-2H3/p+1. The second-order valence-corrected chi connectivity index (χ2v) is 12.6. The zero-order chi connectivity index (χ0) is 21.2. The van der Waals surface area contributed by atoms with Crippen LogP contribution in [-0.2, 0) is 0 Å². The number of carbonyl (C=O) groups is 1. The number of carboxylic acid groups (broad SMARTS) is 1. The minimum Gasteiger partial charge on any atom is -0.473 e. The highest BCUT2D eigenvalue weighted by Gasteiger charge is 2.30. The summed E-state index contributed by atoms with van der Waals surface area (Å²) in [7, 11) is 1.05. The van der Waals surface area contributed by atoms with Gasteiger partial charge in [0.2, 0.25) is 0 Å². The van der Waals surface area contributed by atoms with Gasteiger partial charge < -0.3 is 5.11 Å². The maximum absolute atomic E-state index is 11.1. The number of carboxylic acids is 1. The molecule has 1 N–H and O–H groups in total. The minimum absolute atomic E-state index is 0.201.